The van der Waals surface area contributed by atoms with E-state index < -0.39 is 0 Å². The molecule has 2 heterocycles. The van der Waals surface area contributed by atoms with Crippen molar-refractivity contribution in [3.05, 3.63) is 23.3 Å². The van der Waals surface area contributed by atoms with Crippen molar-refractivity contribution < 1.29 is 9.90 Å². The van der Waals surface area contributed by atoms with E-state index in [-0.39, 0.29) is 18.6 Å². The Bertz CT molecular complexity index is 680. The van der Waals surface area contributed by atoms with Crippen LogP contribution in [0.5, 0.6) is 0 Å². The van der Waals surface area contributed by atoms with Crippen LogP contribution in [0.25, 0.3) is 5.78 Å². The van der Waals surface area contributed by atoms with Gasteiger partial charge in [-0.25, -0.2) is 9.50 Å². The summed E-state index contributed by atoms with van der Waals surface area (Å²) in [7, 11) is 0. The van der Waals surface area contributed by atoms with Crippen LogP contribution in [0.3, 0.4) is 0 Å². The molecule has 7 nitrogen and oxygen atoms in total. The minimum atomic E-state index is -0.180. The summed E-state index contributed by atoms with van der Waals surface area (Å²) in [5.74, 6) is 0.948. The smallest absolute Gasteiger partial charge is 0.252 e. The van der Waals surface area contributed by atoms with Crippen LogP contribution in [0.15, 0.2) is 6.33 Å². The van der Waals surface area contributed by atoms with Gasteiger partial charge in [0, 0.05) is 17.8 Å². The number of nitrogens with zero attached hydrogens (tertiary/aromatic N) is 4. The molecule has 7 heteroatoms. The van der Waals surface area contributed by atoms with E-state index in [1.54, 1.807) is 4.52 Å². The summed E-state index contributed by atoms with van der Waals surface area (Å²) in [6.45, 7) is 7.98. The second-order valence-electron chi connectivity index (χ2n) is 6.31. The fraction of sp³-hybridized carbons (Fsp3) is 0.625. The van der Waals surface area contributed by atoms with Crippen LogP contribution in [0.2, 0.25) is 0 Å². The lowest BCUT2D eigenvalue weighted by molar-refractivity contribution is -0.122. The number of amides is 1. The van der Waals surface area contributed by atoms with Crippen LogP contribution >= 0.6 is 0 Å². The third-order valence-corrected chi connectivity index (χ3v) is 3.93. The van der Waals surface area contributed by atoms with Crippen molar-refractivity contribution in [2.45, 2.75) is 53.0 Å². The van der Waals surface area contributed by atoms with Gasteiger partial charge >= 0.3 is 0 Å². The molecule has 0 aliphatic carbocycles. The van der Waals surface area contributed by atoms with Gasteiger partial charge in [0.2, 0.25) is 5.91 Å². The summed E-state index contributed by atoms with van der Waals surface area (Å²) in [5, 5.41) is 16.4. The van der Waals surface area contributed by atoms with Gasteiger partial charge in [-0.1, -0.05) is 13.8 Å². The molecule has 126 valence electrons. The Morgan fingerprint density at radius 2 is 2.13 bits per heavy atom. The first-order chi connectivity index (χ1) is 10.9. The number of nitrogens with one attached hydrogen (secondary N) is 1. The van der Waals surface area contributed by atoms with Crippen LogP contribution in [-0.2, 0) is 11.2 Å². The molecule has 2 N–H and O–H groups in total. The van der Waals surface area contributed by atoms with Crippen molar-refractivity contribution in [3.8, 4) is 0 Å². The molecule has 0 spiro atoms. The molecule has 1 amide bonds. The summed E-state index contributed by atoms with van der Waals surface area (Å²) in [4.78, 5) is 20.6. The molecule has 0 radical (unpaired) electrons. The van der Waals surface area contributed by atoms with Crippen molar-refractivity contribution >= 4 is 11.7 Å². The number of aliphatic hydroxyl groups is 1. The molecule has 1 atom stereocenters. The number of aryl methyl sites for hydroxylation is 2. The minimum Gasteiger partial charge on any atom is -0.394 e. The fourth-order valence-electron chi connectivity index (χ4n) is 2.80. The molecule has 0 aliphatic heterocycles. The molecule has 0 saturated carbocycles. The van der Waals surface area contributed by atoms with E-state index in [0.29, 0.717) is 24.5 Å². The molecule has 1 unspecified atom stereocenters. The van der Waals surface area contributed by atoms with Crippen LogP contribution in [-0.4, -0.2) is 43.2 Å². The number of carbonyl (C=O) groups is 1. The molecule has 2 rings (SSSR count). The van der Waals surface area contributed by atoms with E-state index in [0.717, 1.165) is 23.4 Å². The minimum absolute atomic E-state index is 0.0333. The van der Waals surface area contributed by atoms with E-state index in [4.69, 9.17) is 0 Å². The van der Waals surface area contributed by atoms with Gasteiger partial charge < -0.3 is 10.4 Å². The molecule has 23 heavy (non-hydrogen) atoms. The summed E-state index contributed by atoms with van der Waals surface area (Å²) < 4.78 is 1.69. The molecule has 0 saturated heterocycles. The molecule has 2 aromatic heterocycles. The van der Waals surface area contributed by atoms with Crippen LogP contribution in [0, 0.1) is 19.8 Å². The first-order valence-corrected chi connectivity index (χ1v) is 7.98. The van der Waals surface area contributed by atoms with E-state index in [1.165, 1.54) is 6.33 Å². The first-order valence-electron chi connectivity index (χ1n) is 7.98. The van der Waals surface area contributed by atoms with Crippen LogP contribution in [0.4, 0.5) is 0 Å². The Labute approximate surface area is 136 Å². The van der Waals surface area contributed by atoms with E-state index in [2.05, 4.69) is 34.2 Å². The highest BCUT2D eigenvalue weighted by Crippen LogP contribution is 2.15. The second-order valence-corrected chi connectivity index (χ2v) is 6.31. The molecule has 0 aliphatic rings. The van der Waals surface area contributed by atoms with Gasteiger partial charge in [0.15, 0.2) is 0 Å². The monoisotopic (exact) mass is 319 g/mol. The lowest BCUT2D eigenvalue weighted by Crippen LogP contribution is -2.38. The molecule has 0 bridgehead atoms. The Kier molecular flexibility index (Phi) is 5.65. The number of aliphatic hydroxyl groups excluding tert-OH is 1. The standard InChI is InChI=1S/C16H25N5O2/c1-10(2)7-13(8-22)20-15(23)6-5-14-11(3)19-16-17-9-18-21(16)12(14)4/h9-10,13,22H,5-8H2,1-4H3,(H,20,23). The maximum absolute atomic E-state index is 12.1. The highest BCUT2D eigenvalue weighted by molar-refractivity contribution is 5.76. The van der Waals surface area contributed by atoms with Gasteiger partial charge in [-0.05, 0) is 38.2 Å². The van der Waals surface area contributed by atoms with Crippen molar-refractivity contribution in [3.63, 3.8) is 0 Å². The fourth-order valence-corrected chi connectivity index (χ4v) is 2.80. The Hall–Kier alpha value is -2.02. The van der Waals surface area contributed by atoms with Crippen LogP contribution < -0.4 is 5.32 Å². The lowest BCUT2D eigenvalue weighted by Gasteiger charge is -2.18. The van der Waals surface area contributed by atoms with Gasteiger partial charge in [0.25, 0.3) is 5.78 Å². The highest BCUT2D eigenvalue weighted by atomic mass is 16.3. The SMILES string of the molecule is Cc1nc2ncnn2c(C)c1CCC(=O)NC(CO)CC(C)C. The normalized spacial score (nSPS) is 12.8. The van der Waals surface area contributed by atoms with Gasteiger partial charge in [-0.2, -0.15) is 10.1 Å². The summed E-state index contributed by atoms with van der Waals surface area (Å²) in [5.41, 5.74) is 2.85. The van der Waals surface area contributed by atoms with Crippen molar-refractivity contribution in [2.75, 3.05) is 6.61 Å². The predicted octanol–water partition coefficient (Wildman–Crippen LogP) is 1.20. The third-order valence-electron chi connectivity index (χ3n) is 3.93. The van der Waals surface area contributed by atoms with Gasteiger partial charge in [0.1, 0.15) is 6.33 Å². The van der Waals surface area contributed by atoms with Crippen molar-refractivity contribution in [1.82, 2.24) is 24.9 Å². The number of hydrogen-bond donors (Lipinski definition) is 2. The molecule has 0 aromatic carbocycles. The Morgan fingerprint density at radius 1 is 1.39 bits per heavy atom. The maximum atomic E-state index is 12.1. The Morgan fingerprint density at radius 3 is 2.78 bits per heavy atom. The molecule has 2 aromatic rings. The zero-order valence-electron chi connectivity index (χ0n) is 14.2. The van der Waals surface area contributed by atoms with Gasteiger partial charge in [-0.3, -0.25) is 4.79 Å². The average Bonchev–Trinajstić information content (AvgIpc) is 2.94. The second kappa shape index (κ2) is 7.50. The predicted molar refractivity (Wildman–Crippen MR) is 87.0 cm³/mol. The van der Waals surface area contributed by atoms with Crippen molar-refractivity contribution in [1.29, 1.82) is 0 Å². The lowest BCUT2D eigenvalue weighted by atomic mass is 10.0. The van der Waals surface area contributed by atoms with Gasteiger partial charge in [0.05, 0.1) is 12.6 Å². The maximum Gasteiger partial charge on any atom is 0.252 e. The highest BCUT2D eigenvalue weighted by Gasteiger charge is 2.15. The number of hydrogen-bond acceptors (Lipinski definition) is 5. The quantitative estimate of drug-likeness (QED) is 0.800. The summed E-state index contributed by atoms with van der Waals surface area (Å²) in [6.07, 6.45) is 3.19. The number of carbonyl (C=O) groups excluding carboxylic acids is 1. The Balaban J connectivity index is 2.01. The topological polar surface area (TPSA) is 92.4 Å². The van der Waals surface area contributed by atoms with E-state index >= 15 is 0 Å². The molecule has 0 fully saturated rings. The first kappa shape index (κ1) is 17.3. The molecular formula is C16H25N5O2. The van der Waals surface area contributed by atoms with E-state index in [9.17, 15) is 9.90 Å². The van der Waals surface area contributed by atoms with Gasteiger partial charge in [-0.15, -0.1) is 0 Å². The van der Waals surface area contributed by atoms with Crippen molar-refractivity contribution in [2.24, 2.45) is 5.92 Å². The number of fused-ring (bicyclic) bond motifs is 1. The largest absolute Gasteiger partial charge is 0.394 e. The number of rotatable bonds is 7. The van der Waals surface area contributed by atoms with Crippen LogP contribution in [0.1, 0.15) is 43.6 Å². The summed E-state index contributed by atoms with van der Waals surface area (Å²) >= 11 is 0. The number of aromatic nitrogens is 4. The van der Waals surface area contributed by atoms with E-state index in [1.807, 2.05) is 13.8 Å². The zero-order valence-corrected chi connectivity index (χ0v) is 14.2. The zero-order chi connectivity index (χ0) is 17.0. The molecular weight excluding hydrogens is 294 g/mol. The average molecular weight is 319 g/mol. The summed E-state index contributed by atoms with van der Waals surface area (Å²) in [6, 6.07) is -0.180. The third kappa shape index (κ3) is 4.25.